The third-order valence-corrected chi connectivity index (χ3v) is 4.91. The molecule has 2 aromatic carbocycles. The zero-order valence-corrected chi connectivity index (χ0v) is 13.8. The molecule has 0 saturated carbocycles. The molecule has 0 atom stereocenters. The molecule has 0 heteroatoms. The molecule has 0 saturated heterocycles. The van der Waals surface area contributed by atoms with Gasteiger partial charge in [-0.1, -0.05) is 83.5 Å². The summed E-state index contributed by atoms with van der Waals surface area (Å²) in [5.41, 5.74) is 6.83. The number of hydrogen-bond acceptors (Lipinski definition) is 0. The number of rotatable bonds is 3. The molecule has 0 aromatic heterocycles. The average Bonchev–Trinajstić information content (AvgIpc) is 2.56. The third-order valence-electron chi connectivity index (χ3n) is 4.91. The van der Waals surface area contributed by atoms with Crippen molar-refractivity contribution in [3.63, 3.8) is 0 Å². The monoisotopic (exact) mass is 288 g/mol. The summed E-state index contributed by atoms with van der Waals surface area (Å²) in [4.78, 5) is 0. The van der Waals surface area contributed by atoms with Crippen LogP contribution < -0.4 is 0 Å². The summed E-state index contributed by atoms with van der Waals surface area (Å²) in [6, 6.07) is 18.0. The molecule has 3 rings (SSSR count). The molecule has 22 heavy (non-hydrogen) atoms. The van der Waals surface area contributed by atoms with Crippen molar-refractivity contribution in [3.8, 4) is 0 Å². The molecular formula is C22H24. The summed E-state index contributed by atoms with van der Waals surface area (Å²) in [6.07, 6.45) is 9.05. The molecule has 0 spiro atoms. The van der Waals surface area contributed by atoms with Crippen LogP contribution in [0.15, 0.2) is 72.3 Å². The highest BCUT2D eigenvalue weighted by atomic mass is 14.4. The summed E-state index contributed by atoms with van der Waals surface area (Å²) in [7, 11) is 0. The van der Waals surface area contributed by atoms with Gasteiger partial charge in [-0.3, -0.25) is 0 Å². The lowest BCUT2D eigenvalue weighted by Crippen LogP contribution is -2.27. The lowest BCUT2D eigenvalue weighted by molar-refractivity contribution is 0.633. The molecule has 0 heterocycles. The molecule has 0 amide bonds. The van der Waals surface area contributed by atoms with E-state index in [0.29, 0.717) is 0 Å². The Bertz CT molecular complexity index is 651. The van der Waals surface area contributed by atoms with Gasteiger partial charge in [0, 0.05) is 5.41 Å². The maximum Gasteiger partial charge on any atom is 0.0386 e. The summed E-state index contributed by atoms with van der Waals surface area (Å²) in [6.45, 7) is 6.67. The van der Waals surface area contributed by atoms with Gasteiger partial charge in [-0.05, 0) is 44.7 Å². The molecule has 112 valence electrons. The maximum atomic E-state index is 2.37. The van der Waals surface area contributed by atoms with Crippen LogP contribution in [0, 0.1) is 13.8 Å². The topological polar surface area (TPSA) is 0 Å². The first-order chi connectivity index (χ1) is 10.6. The van der Waals surface area contributed by atoms with Crippen molar-refractivity contribution in [2.75, 3.05) is 0 Å². The Labute approximate surface area is 134 Å². The molecule has 1 aliphatic carbocycles. The largest absolute Gasteiger partial charge is 0.0842 e. The minimum atomic E-state index is -0.0494. The second-order valence-corrected chi connectivity index (χ2v) is 6.52. The van der Waals surface area contributed by atoms with Gasteiger partial charge in [-0.15, -0.1) is 0 Å². The second kappa shape index (κ2) is 5.96. The van der Waals surface area contributed by atoms with Crippen molar-refractivity contribution in [2.24, 2.45) is 0 Å². The predicted octanol–water partition coefficient (Wildman–Crippen LogP) is 5.89. The fourth-order valence-electron chi connectivity index (χ4n) is 3.33. The standard InChI is InChI=1S/C22H24/c1-17-9-13-20(14-10-17)22(3,19-7-5-4-6-8-19)21-15-11-18(2)12-16-21/h4-5,7,9-16H,6,8H2,1-3H3. The number of hydrogen-bond donors (Lipinski definition) is 0. The van der Waals surface area contributed by atoms with Crippen LogP contribution in [0.1, 0.15) is 42.0 Å². The van der Waals surface area contributed by atoms with E-state index in [9.17, 15) is 0 Å². The van der Waals surface area contributed by atoms with Crippen LogP contribution in [-0.4, -0.2) is 0 Å². The molecule has 2 aromatic rings. The zero-order valence-electron chi connectivity index (χ0n) is 13.8. The predicted molar refractivity (Wildman–Crippen MR) is 95.3 cm³/mol. The Morgan fingerprint density at radius 3 is 1.68 bits per heavy atom. The molecule has 0 fully saturated rings. The highest BCUT2D eigenvalue weighted by Gasteiger charge is 2.32. The highest BCUT2D eigenvalue weighted by molar-refractivity contribution is 5.50. The van der Waals surface area contributed by atoms with Gasteiger partial charge in [0.2, 0.25) is 0 Å². The van der Waals surface area contributed by atoms with E-state index in [2.05, 4.69) is 87.5 Å². The van der Waals surface area contributed by atoms with Crippen molar-refractivity contribution in [1.29, 1.82) is 0 Å². The smallest absolute Gasteiger partial charge is 0.0386 e. The Hall–Kier alpha value is -2.08. The Morgan fingerprint density at radius 2 is 1.27 bits per heavy atom. The molecule has 0 unspecified atom stereocenters. The fourth-order valence-corrected chi connectivity index (χ4v) is 3.33. The van der Waals surface area contributed by atoms with Crippen LogP contribution in [0.5, 0.6) is 0 Å². The minimum absolute atomic E-state index is 0.0494. The number of allylic oxidation sites excluding steroid dienone is 4. The molecule has 0 N–H and O–H groups in total. The lowest BCUT2D eigenvalue weighted by atomic mass is 9.68. The van der Waals surface area contributed by atoms with Gasteiger partial charge in [0.25, 0.3) is 0 Å². The summed E-state index contributed by atoms with van der Waals surface area (Å²) < 4.78 is 0. The van der Waals surface area contributed by atoms with Crippen LogP contribution in [0.25, 0.3) is 0 Å². The first-order valence-corrected chi connectivity index (χ1v) is 8.11. The molecule has 1 aliphatic rings. The second-order valence-electron chi connectivity index (χ2n) is 6.52. The Kier molecular flexibility index (Phi) is 4.02. The van der Waals surface area contributed by atoms with Crippen LogP contribution in [-0.2, 0) is 5.41 Å². The highest BCUT2D eigenvalue weighted by Crippen LogP contribution is 2.42. The zero-order chi connectivity index (χ0) is 15.6. The van der Waals surface area contributed by atoms with E-state index >= 15 is 0 Å². The SMILES string of the molecule is Cc1ccc(C(C)(C2=CC=CCC2)c2ccc(C)cc2)cc1. The van der Waals surface area contributed by atoms with Gasteiger partial charge < -0.3 is 0 Å². The molecule has 0 bridgehead atoms. The average molecular weight is 288 g/mol. The van der Waals surface area contributed by atoms with Crippen molar-refractivity contribution >= 4 is 0 Å². The summed E-state index contributed by atoms with van der Waals surface area (Å²) in [5.74, 6) is 0. The van der Waals surface area contributed by atoms with Crippen molar-refractivity contribution in [1.82, 2.24) is 0 Å². The number of aryl methyl sites for hydroxylation is 2. The van der Waals surface area contributed by atoms with Gasteiger partial charge >= 0.3 is 0 Å². The quantitative estimate of drug-likeness (QED) is 0.661. The minimum Gasteiger partial charge on any atom is -0.0842 e. The van der Waals surface area contributed by atoms with Crippen molar-refractivity contribution in [3.05, 3.63) is 94.6 Å². The van der Waals surface area contributed by atoms with Crippen molar-refractivity contribution < 1.29 is 0 Å². The van der Waals surface area contributed by atoms with E-state index in [1.165, 1.54) is 27.8 Å². The van der Waals surface area contributed by atoms with Gasteiger partial charge in [-0.25, -0.2) is 0 Å². The van der Waals surface area contributed by atoms with Crippen LogP contribution >= 0.6 is 0 Å². The van der Waals surface area contributed by atoms with Gasteiger partial charge in [0.05, 0.1) is 0 Å². The van der Waals surface area contributed by atoms with E-state index < -0.39 is 0 Å². The lowest BCUT2D eigenvalue weighted by Gasteiger charge is -2.35. The first-order valence-electron chi connectivity index (χ1n) is 8.11. The molecule has 0 radical (unpaired) electrons. The van der Waals surface area contributed by atoms with E-state index in [4.69, 9.17) is 0 Å². The van der Waals surface area contributed by atoms with Crippen LogP contribution in [0.4, 0.5) is 0 Å². The van der Waals surface area contributed by atoms with E-state index in [1.807, 2.05) is 0 Å². The Morgan fingerprint density at radius 1 is 0.773 bits per heavy atom. The van der Waals surface area contributed by atoms with E-state index in [0.717, 1.165) is 12.8 Å². The Balaban J connectivity index is 2.17. The van der Waals surface area contributed by atoms with Gasteiger partial charge in [-0.2, -0.15) is 0 Å². The molecule has 0 nitrogen and oxygen atoms in total. The van der Waals surface area contributed by atoms with E-state index in [1.54, 1.807) is 0 Å². The fraction of sp³-hybridized carbons (Fsp3) is 0.273. The summed E-state index contributed by atoms with van der Waals surface area (Å²) >= 11 is 0. The van der Waals surface area contributed by atoms with E-state index in [-0.39, 0.29) is 5.41 Å². The molecular weight excluding hydrogens is 264 g/mol. The van der Waals surface area contributed by atoms with Gasteiger partial charge in [0.1, 0.15) is 0 Å². The van der Waals surface area contributed by atoms with Crippen molar-refractivity contribution in [2.45, 2.75) is 39.0 Å². The number of benzene rings is 2. The molecule has 0 aliphatic heterocycles. The van der Waals surface area contributed by atoms with Crippen LogP contribution in [0.2, 0.25) is 0 Å². The third kappa shape index (κ3) is 2.66. The summed E-state index contributed by atoms with van der Waals surface area (Å²) in [5, 5.41) is 0. The van der Waals surface area contributed by atoms with Gasteiger partial charge in [0.15, 0.2) is 0 Å². The normalized spacial score (nSPS) is 14.8. The maximum absolute atomic E-state index is 2.37. The van der Waals surface area contributed by atoms with Crippen LogP contribution in [0.3, 0.4) is 0 Å². The first kappa shape index (κ1) is 14.8.